The average Bonchev–Trinajstić information content (AvgIpc) is 3.05. The Morgan fingerprint density at radius 3 is 2.68 bits per heavy atom. The number of amides is 1. The Balaban J connectivity index is 1.55. The molecule has 0 bridgehead atoms. The molecule has 156 valence electrons. The van der Waals surface area contributed by atoms with E-state index in [4.69, 9.17) is 0 Å². The topological polar surface area (TPSA) is 80.4 Å². The maximum atomic E-state index is 12.9. The van der Waals surface area contributed by atoms with E-state index in [0.29, 0.717) is 19.5 Å². The van der Waals surface area contributed by atoms with Crippen molar-refractivity contribution < 1.29 is 9.90 Å². The molecular weight excluding hydrogens is 392 g/mol. The molecule has 0 fully saturated rings. The van der Waals surface area contributed by atoms with Crippen LogP contribution in [0.2, 0.25) is 0 Å². The predicted octanol–water partition coefficient (Wildman–Crippen LogP) is 3.74. The molecule has 1 N–H and O–H groups in total. The van der Waals surface area contributed by atoms with Gasteiger partial charge in [0, 0.05) is 48.7 Å². The van der Waals surface area contributed by atoms with Gasteiger partial charge in [0.2, 0.25) is 0 Å². The minimum absolute atomic E-state index is 0.129. The van der Waals surface area contributed by atoms with Gasteiger partial charge in [0.05, 0.1) is 23.4 Å². The Morgan fingerprint density at radius 2 is 1.97 bits per heavy atom. The zero-order valence-corrected chi connectivity index (χ0v) is 17.4. The van der Waals surface area contributed by atoms with Crippen LogP contribution >= 0.6 is 0 Å². The Kier molecular flexibility index (Phi) is 4.39. The summed E-state index contributed by atoms with van der Waals surface area (Å²) in [5.41, 5.74) is 6.45. The highest BCUT2D eigenvalue weighted by Gasteiger charge is 2.25. The SMILES string of the molecule is Cc1ccc(-c2ccn(-c3ccc4c5c(n(C)c4c3)CN(C(=O)O)CC5)c(=O)c2)nc1. The summed E-state index contributed by atoms with van der Waals surface area (Å²) in [6, 6.07) is 13.3. The minimum atomic E-state index is -0.897. The van der Waals surface area contributed by atoms with Crippen molar-refractivity contribution in [3.8, 4) is 16.9 Å². The predicted molar refractivity (Wildman–Crippen MR) is 119 cm³/mol. The van der Waals surface area contributed by atoms with Crippen molar-refractivity contribution in [3.63, 3.8) is 0 Å². The molecule has 0 atom stereocenters. The zero-order valence-electron chi connectivity index (χ0n) is 17.4. The number of aromatic nitrogens is 3. The van der Waals surface area contributed by atoms with Crippen molar-refractivity contribution in [1.29, 1.82) is 0 Å². The summed E-state index contributed by atoms with van der Waals surface area (Å²) in [6.45, 7) is 2.85. The quantitative estimate of drug-likeness (QED) is 0.542. The molecule has 0 unspecified atom stereocenters. The van der Waals surface area contributed by atoms with Gasteiger partial charge in [0.25, 0.3) is 5.56 Å². The van der Waals surface area contributed by atoms with Crippen LogP contribution in [0.4, 0.5) is 4.79 Å². The lowest BCUT2D eigenvalue weighted by Gasteiger charge is -2.25. The number of hydrogen-bond acceptors (Lipinski definition) is 3. The van der Waals surface area contributed by atoms with Crippen LogP contribution in [0.25, 0.3) is 27.8 Å². The van der Waals surface area contributed by atoms with Gasteiger partial charge < -0.3 is 14.6 Å². The molecule has 0 spiro atoms. The van der Waals surface area contributed by atoms with Crippen LogP contribution in [-0.4, -0.2) is 36.8 Å². The highest BCUT2D eigenvalue weighted by Crippen LogP contribution is 2.31. The van der Waals surface area contributed by atoms with Crippen molar-refractivity contribution >= 4 is 17.0 Å². The summed E-state index contributed by atoms with van der Waals surface area (Å²) in [5, 5.41) is 10.5. The fourth-order valence-electron chi connectivity index (χ4n) is 4.35. The Hall–Kier alpha value is -3.87. The monoisotopic (exact) mass is 414 g/mol. The fourth-order valence-corrected chi connectivity index (χ4v) is 4.35. The molecule has 4 aromatic rings. The zero-order chi connectivity index (χ0) is 21.7. The number of hydrogen-bond donors (Lipinski definition) is 1. The molecule has 3 aromatic heterocycles. The van der Waals surface area contributed by atoms with Gasteiger partial charge in [-0.15, -0.1) is 0 Å². The second-order valence-corrected chi connectivity index (χ2v) is 7.98. The molecule has 1 aliphatic rings. The number of aryl methyl sites for hydroxylation is 2. The van der Waals surface area contributed by atoms with Gasteiger partial charge in [-0.25, -0.2) is 4.79 Å². The van der Waals surface area contributed by atoms with Gasteiger partial charge in [-0.1, -0.05) is 12.1 Å². The summed E-state index contributed by atoms with van der Waals surface area (Å²) in [6.07, 6.45) is 3.36. The highest BCUT2D eigenvalue weighted by molar-refractivity contribution is 5.88. The Labute approximate surface area is 178 Å². The summed E-state index contributed by atoms with van der Waals surface area (Å²) in [5.74, 6) is 0. The summed E-state index contributed by atoms with van der Waals surface area (Å²) < 4.78 is 3.66. The number of fused-ring (bicyclic) bond motifs is 3. The molecule has 31 heavy (non-hydrogen) atoms. The molecule has 0 aliphatic carbocycles. The summed E-state index contributed by atoms with van der Waals surface area (Å²) >= 11 is 0. The molecule has 5 rings (SSSR count). The van der Waals surface area contributed by atoms with Crippen LogP contribution < -0.4 is 5.56 Å². The molecular formula is C24H22N4O3. The average molecular weight is 414 g/mol. The molecule has 7 nitrogen and oxygen atoms in total. The van der Waals surface area contributed by atoms with Gasteiger partial charge >= 0.3 is 6.09 Å². The smallest absolute Gasteiger partial charge is 0.407 e. The van der Waals surface area contributed by atoms with Crippen molar-refractivity contribution in [1.82, 2.24) is 19.0 Å². The Bertz CT molecular complexity index is 1380. The molecule has 7 heteroatoms. The van der Waals surface area contributed by atoms with Crippen LogP contribution in [0.3, 0.4) is 0 Å². The van der Waals surface area contributed by atoms with Gasteiger partial charge in [-0.3, -0.25) is 14.3 Å². The van der Waals surface area contributed by atoms with Crippen molar-refractivity contribution in [3.05, 3.63) is 82.0 Å². The lowest BCUT2D eigenvalue weighted by molar-refractivity contribution is 0.139. The first-order valence-corrected chi connectivity index (χ1v) is 10.2. The normalized spacial score (nSPS) is 13.4. The third-order valence-electron chi connectivity index (χ3n) is 6.07. The molecule has 1 aliphatic heterocycles. The maximum absolute atomic E-state index is 12.9. The highest BCUT2D eigenvalue weighted by atomic mass is 16.4. The molecule has 0 saturated heterocycles. The van der Waals surface area contributed by atoms with Crippen LogP contribution in [0.15, 0.2) is 59.7 Å². The van der Waals surface area contributed by atoms with E-state index < -0.39 is 6.09 Å². The first-order chi connectivity index (χ1) is 14.9. The van der Waals surface area contributed by atoms with Crippen LogP contribution in [0, 0.1) is 6.92 Å². The standard InChI is InChI=1S/C24H22N4O3/c1-15-3-6-20(25-13-15)16-7-10-28(23(29)11-16)17-4-5-18-19-8-9-27(24(30)31)14-22(19)26(2)21(18)12-17/h3-7,10-13H,8-9,14H2,1-2H3,(H,30,31). The largest absolute Gasteiger partial charge is 0.465 e. The maximum Gasteiger partial charge on any atom is 0.407 e. The number of carboxylic acid groups (broad SMARTS) is 1. The van der Waals surface area contributed by atoms with Gasteiger partial charge in [-0.2, -0.15) is 0 Å². The van der Waals surface area contributed by atoms with E-state index in [1.165, 1.54) is 10.5 Å². The van der Waals surface area contributed by atoms with E-state index >= 15 is 0 Å². The fraction of sp³-hybridized carbons (Fsp3) is 0.208. The lowest BCUT2D eigenvalue weighted by atomic mass is 10.0. The lowest BCUT2D eigenvalue weighted by Crippen LogP contribution is -2.35. The van der Waals surface area contributed by atoms with E-state index in [1.807, 2.05) is 54.9 Å². The summed E-state index contributed by atoms with van der Waals surface area (Å²) in [4.78, 5) is 30.1. The van der Waals surface area contributed by atoms with E-state index in [2.05, 4.69) is 4.98 Å². The van der Waals surface area contributed by atoms with Crippen molar-refractivity contribution in [2.24, 2.45) is 7.05 Å². The number of benzene rings is 1. The first-order valence-electron chi connectivity index (χ1n) is 10.2. The third kappa shape index (κ3) is 3.18. The Morgan fingerprint density at radius 1 is 1.13 bits per heavy atom. The minimum Gasteiger partial charge on any atom is -0.465 e. The van der Waals surface area contributed by atoms with Crippen LogP contribution in [0.5, 0.6) is 0 Å². The van der Waals surface area contributed by atoms with Gasteiger partial charge in [0.1, 0.15) is 0 Å². The van der Waals surface area contributed by atoms with Gasteiger partial charge in [-0.05, 0) is 48.7 Å². The van der Waals surface area contributed by atoms with E-state index in [-0.39, 0.29) is 5.56 Å². The third-order valence-corrected chi connectivity index (χ3v) is 6.07. The molecule has 0 saturated carbocycles. The molecule has 4 heterocycles. The van der Waals surface area contributed by atoms with E-state index in [9.17, 15) is 14.7 Å². The second-order valence-electron chi connectivity index (χ2n) is 7.98. The van der Waals surface area contributed by atoms with Crippen molar-refractivity contribution in [2.45, 2.75) is 19.9 Å². The van der Waals surface area contributed by atoms with Crippen LogP contribution in [-0.2, 0) is 20.0 Å². The first kappa shape index (κ1) is 19.1. The van der Waals surface area contributed by atoms with Crippen molar-refractivity contribution in [2.75, 3.05) is 6.54 Å². The number of nitrogens with zero attached hydrogens (tertiary/aromatic N) is 4. The molecule has 1 amide bonds. The van der Waals surface area contributed by atoms with Crippen LogP contribution in [0.1, 0.15) is 16.8 Å². The number of carbonyl (C=O) groups is 1. The molecule has 0 radical (unpaired) electrons. The number of rotatable bonds is 2. The summed E-state index contributed by atoms with van der Waals surface area (Å²) in [7, 11) is 1.95. The molecule has 1 aromatic carbocycles. The van der Waals surface area contributed by atoms with E-state index in [1.54, 1.807) is 23.0 Å². The van der Waals surface area contributed by atoms with Gasteiger partial charge in [0.15, 0.2) is 0 Å². The second kappa shape index (κ2) is 7.12. The number of pyridine rings is 2. The van der Waals surface area contributed by atoms with E-state index in [0.717, 1.165) is 39.1 Å².